The number of hydrogen-bond donors (Lipinski definition) is 2. The predicted molar refractivity (Wildman–Crippen MR) is 86.9 cm³/mol. The Bertz CT molecular complexity index is 500. The minimum atomic E-state index is -3.30. The zero-order valence-corrected chi connectivity index (χ0v) is 13.7. The Balaban J connectivity index is 2.30. The molecular formula is C15H26N2O3S. The Hall–Kier alpha value is -1.27. The van der Waals surface area contributed by atoms with E-state index in [0.717, 1.165) is 25.7 Å². The summed E-state index contributed by atoms with van der Waals surface area (Å²) in [6.07, 6.45) is 4.18. The molecule has 0 aliphatic heterocycles. The fraction of sp³-hybridized carbons (Fsp3) is 0.600. The van der Waals surface area contributed by atoms with Gasteiger partial charge in [0, 0.05) is 11.7 Å². The van der Waals surface area contributed by atoms with Gasteiger partial charge in [0.1, 0.15) is 12.4 Å². The minimum absolute atomic E-state index is 0.0296. The van der Waals surface area contributed by atoms with Crippen molar-refractivity contribution in [2.75, 3.05) is 18.1 Å². The third-order valence-electron chi connectivity index (χ3n) is 3.12. The molecule has 0 spiro atoms. The monoisotopic (exact) mass is 314 g/mol. The molecule has 0 saturated heterocycles. The molecular weight excluding hydrogens is 288 g/mol. The first-order chi connectivity index (χ1) is 9.93. The van der Waals surface area contributed by atoms with Crippen molar-refractivity contribution in [3.8, 4) is 5.75 Å². The Morgan fingerprint density at radius 1 is 1.24 bits per heavy atom. The molecule has 120 valence electrons. The number of ether oxygens (including phenoxy) is 1. The van der Waals surface area contributed by atoms with Gasteiger partial charge in [-0.2, -0.15) is 0 Å². The fourth-order valence-corrected chi connectivity index (χ4v) is 3.11. The number of nitrogens with two attached hydrogens (primary N) is 1. The predicted octanol–water partition coefficient (Wildman–Crippen LogP) is 2.54. The summed E-state index contributed by atoms with van der Waals surface area (Å²) < 4.78 is 31.9. The highest BCUT2D eigenvalue weighted by atomic mass is 32.2. The molecule has 0 fully saturated rings. The lowest BCUT2D eigenvalue weighted by molar-refractivity contribution is 0.340. The number of nitrogens with one attached hydrogen (secondary N) is 1. The van der Waals surface area contributed by atoms with Crippen LogP contribution in [0.25, 0.3) is 0 Å². The number of anilines is 1. The van der Waals surface area contributed by atoms with E-state index in [1.54, 1.807) is 24.3 Å². The lowest BCUT2D eigenvalue weighted by atomic mass is 10.1. The average Bonchev–Trinajstić information content (AvgIpc) is 2.40. The van der Waals surface area contributed by atoms with Crippen molar-refractivity contribution in [3.05, 3.63) is 24.3 Å². The van der Waals surface area contributed by atoms with Gasteiger partial charge in [-0.05, 0) is 37.6 Å². The summed E-state index contributed by atoms with van der Waals surface area (Å²) in [6, 6.07) is 6.86. The van der Waals surface area contributed by atoms with Gasteiger partial charge in [-0.1, -0.05) is 26.2 Å². The lowest BCUT2D eigenvalue weighted by Gasteiger charge is -2.14. The Morgan fingerprint density at radius 3 is 2.52 bits per heavy atom. The Kier molecular flexibility index (Phi) is 7.53. The van der Waals surface area contributed by atoms with E-state index in [-0.39, 0.29) is 18.4 Å². The molecule has 6 heteroatoms. The third kappa shape index (κ3) is 7.92. The van der Waals surface area contributed by atoms with E-state index in [1.807, 2.05) is 6.92 Å². The van der Waals surface area contributed by atoms with Crippen molar-refractivity contribution < 1.29 is 13.2 Å². The van der Waals surface area contributed by atoms with Gasteiger partial charge in [0.2, 0.25) is 10.0 Å². The summed E-state index contributed by atoms with van der Waals surface area (Å²) in [4.78, 5) is 0. The van der Waals surface area contributed by atoms with Crippen LogP contribution in [0.3, 0.4) is 0 Å². The summed E-state index contributed by atoms with van der Waals surface area (Å²) in [5.74, 6) is 0.575. The van der Waals surface area contributed by atoms with Crippen molar-refractivity contribution >= 4 is 15.7 Å². The van der Waals surface area contributed by atoms with Crippen molar-refractivity contribution in [3.63, 3.8) is 0 Å². The van der Waals surface area contributed by atoms with Gasteiger partial charge in [0.05, 0.1) is 5.75 Å². The molecule has 1 aromatic carbocycles. The van der Waals surface area contributed by atoms with Crippen LogP contribution in [0.4, 0.5) is 5.69 Å². The minimum Gasteiger partial charge on any atom is -0.492 e. The number of rotatable bonds is 10. The van der Waals surface area contributed by atoms with Crippen LogP contribution in [-0.2, 0) is 10.0 Å². The number of hydrogen-bond acceptors (Lipinski definition) is 4. The molecule has 0 heterocycles. The lowest BCUT2D eigenvalue weighted by Crippen LogP contribution is -2.35. The summed E-state index contributed by atoms with van der Waals surface area (Å²) in [5.41, 5.74) is 6.22. The molecule has 0 aromatic heterocycles. The second-order valence-corrected chi connectivity index (χ2v) is 7.12. The first-order valence-corrected chi connectivity index (χ1v) is 9.06. The molecule has 0 amide bonds. The van der Waals surface area contributed by atoms with E-state index in [9.17, 15) is 8.42 Å². The number of sulfonamides is 1. The van der Waals surface area contributed by atoms with Gasteiger partial charge >= 0.3 is 0 Å². The summed E-state index contributed by atoms with van der Waals surface area (Å²) in [6.45, 7) is 4.15. The van der Waals surface area contributed by atoms with Crippen LogP contribution in [0.15, 0.2) is 24.3 Å². The second kappa shape index (κ2) is 8.89. The summed E-state index contributed by atoms with van der Waals surface area (Å²) >= 11 is 0. The molecule has 0 saturated carbocycles. The molecule has 21 heavy (non-hydrogen) atoms. The maximum Gasteiger partial charge on any atom is 0.215 e. The van der Waals surface area contributed by atoms with E-state index in [0.29, 0.717) is 11.4 Å². The number of benzene rings is 1. The van der Waals surface area contributed by atoms with Gasteiger partial charge in [-0.15, -0.1) is 0 Å². The SMILES string of the molecule is CCCCCC(C)NS(=O)(=O)CCOc1ccc(N)cc1. The van der Waals surface area contributed by atoms with E-state index in [1.165, 1.54) is 0 Å². The van der Waals surface area contributed by atoms with Crippen molar-refractivity contribution in [2.24, 2.45) is 0 Å². The maximum atomic E-state index is 11.9. The second-order valence-electron chi connectivity index (χ2n) is 5.25. The molecule has 5 nitrogen and oxygen atoms in total. The highest BCUT2D eigenvalue weighted by molar-refractivity contribution is 7.89. The summed E-state index contributed by atoms with van der Waals surface area (Å²) in [7, 11) is -3.30. The molecule has 0 aliphatic carbocycles. The molecule has 0 radical (unpaired) electrons. The van der Waals surface area contributed by atoms with Crippen molar-refractivity contribution in [2.45, 2.75) is 45.6 Å². The number of nitrogen functional groups attached to an aromatic ring is 1. The van der Waals surface area contributed by atoms with Gasteiger partial charge in [0.15, 0.2) is 0 Å². The van der Waals surface area contributed by atoms with E-state index in [4.69, 9.17) is 10.5 Å². The normalized spacial score (nSPS) is 13.0. The molecule has 1 aromatic rings. The van der Waals surface area contributed by atoms with Crippen LogP contribution in [-0.4, -0.2) is 26.8 Å². The van der Waals surface area contributed by atoms with Gasteiger partial charge < -0.3 is 10.5 Å². The van der Waals surface area contributed by atoms with Gasteiger partial charge in [0.25, 0.3) is 0 Å². The van der Waals surface area contributed by atoms with Gasteiger partial charge in [-0.3, -0.25) is 0 Å². The molecule has 1 atom stereocenters. The summed E-state index contributed by atoms with van der Waals surface area (Å²) in [5, 5.41) is 0. The topological polar surface area (TPSA) is 81.4 Å². The molecule has 0 aliphatic rings. The zero-order valence-electron chi connectivity index (χ0n) is 12.8. The molecule has 3 N–H and O–H groups in total. The van der Waals surface area contributed by atoms with Crippen molar-refractivity contribution in [1.29, 1.82) is 0 Å². The Morgan fingerprint density at radius 2 is 1.90 bits per heavy atom. The van der Waals surface area contributed by atoms with Gasteiger partial charge in [-0.25, -0.2) is 13.1 Å². The quantitative estimate of drug-likeness (QED) is 0.513. The Labute approximate surface area is 127 Å². The van der Waals surface area contributed by atoms with Crippen LogP contribution >= 0.6 is 0 Å². The highest BCUT2D eigenvalue weighted by Crippen LogP contribution is 2.13. The van der Waals surface area contributed by atoms with Crippen LogP contribution in [0, 0.1) is 0 Å². The van der Waals surface area contributed by atoms with Crippen molar-refractivity contribution in [1.82, 2.24) is 4.72 Å². The van der Waals surface area contributed by atoms with Crippen LogP contribution in [0.2, 0.25) is 0 Å². The standard InChI is InChI=1S/C15H26N2O3S/c1-3-4-5-6-13(2)17-21(18,19)12-11-20-15-9-7-14(16)8-10-15/h7-10,13,17H,3-6,11-12,16H2,1-2H3. The average molecular weight is 314 g/mol. The first kappa shape index (κ1) is 17.8. The van der Waals surface area contributed by atoms with E-state index >= 15 is 0 Å². The van der Waals surface area contributed by atoms with Crippen LogP contribution in [0.5, 0.6) is 5.75 Å². The van der Waals surface area contributed by atoms with E-state index < -0.39 is 10.0 Å². The van der Waals surface area contributed by atoms with E-state index in [2.05, 4.69) is 11.6 Å². The molecule has 0 bridgehead atoms. The molecule has 1 unspecified atom stereocenters. The largest absolute Gasteiger partial charge is 0.492 e. The molecule has 1 rings (SSSR count). The van der Waals surface area contributed by atoms with Crippen LogP contribution in [0.1, 0.15) is 39.5 Å². The zero-order chi connectivity index (χ0) is 15.7. The third-order valence-corrected chi connectivity index (χ3v) is 4.59. The highest BCUT2D eigenvalue weighted by Gasteiger charge is 2.14. The number of unbranched alkanes of at least 4 members (excludes halogenated alkanes) is 2. The first-order valence-electron chi connectivity index (χ1n) is 7.41. The fourth-order valence-electron chi connectivity index (χ4n) is 1.96. The van der Waals surface area contributed by atoms with Crippen LogP contribution < -0.4 is 15.2 Å². The maximum absolute atomic E-state index is 11.9. The smallest absolute Gasteiger partial charge is 0.215 e.